The summed E-state index contributed by atoms with van der Waals surface area (Å²) in [5.74, 6) is -0.273. The zero-order valence-electron chi connectivity index (χ0n) is 10.3. The van der Waals surface area contributed by atoms with Gasteiger partial charge in [-0.25, -0.2) is 0 Å². The third kappa shape index (κ3) is 1.82. The number of nitrogens with zero attached hydrogens (tertiary/aromatic N) is 1. The number of carbonyl (C=O) groups excluding carboxylic acids is 1. The highest BCUT2D eigenvalue weighted by molar-refractivity contribution is 5.90. The third-order valence-corrected chi connectivity index (χ3v) is 3.63. The van der Waals surface area contributed by atoms with Crippen LogP contribution >= 0.6 is 0 Å². The lowest BCUT2D eigenvalue weighted by Gasteiger charge is -2.41. The maximum Gasteiger partial charge on any atom is 0.243 e. The molecule has 3 heteroatoms. The van der Waals surface area contributed by atoms with Crippen LogP contribution in [0.5, 0.6) is 0 Å². The molecule has 90 valence electrons. The maximum absolute atomic E-state index is 11.7. The molecule has 2 rings (SSSR count). The van der Waals surface area contributed by atoms with Crippen molar-refractivity contribution in [2.75, 3.05) is 11.4 Å². The van der Waals surface area contributed by atoms with Gasteiger partial charge in [-0.05, 0) is 25.0 Å². The number of benzene rings is 1. The van der Waals surface area contributed by atoms with Crippen LogP contribution in [-0.2, 0) is 4.79 Å². The molecule has 1 aliphatic rings. The van der Waals surface area contributed by atoms with E-state index in [1.54, 1.807) is 0 Å². The van der Waals surface area contributed by atoms with Crippen LogP contribution in [0.3, 0.4) is 0 Å². The summed E-state index contributed by atoms with van der Waals surface area (Å²) in [6.45, 7) is 4.63. The Hall–Kier alpha value is -1.77. The van der Waals surface area contributed by atoms with Gasteiger partial charge in [-0.15, -0.1) is 0 Å². The molecule has 0 aromatic heterocycles. The van der Waals surface area contributed by atoms with E-state index in [9.17, 15) is 4.79 Å². The molecule has 0 bridgehead atoms. The number of fused-ring (bicyclic) bond motifs is 1. The predicted molar refractivity (Wildman–Crippen MR) is 70.7 cm³/mol. The predicted octanol–water partition coefficient (Wildman–Crippen LogP) is 2.17. The first-order valence-corrected chi connectivity index (χ1v) is 5.92. The van der Waals surface area contributed by atoms with Gasteiger partial charge in [0.05, 0.1) is 0 Å². The molecule has 1 aromatic carbocycles. The molecule has 2 N–H and O–H groups in total. The zero-order chi connectivity index (χ0) is 12.5. The number of anilines is 1. The SMILES string of the molecule is CCC(C)(C(N)=O)N1CC=Cc2ccccc21. The van der Waals surface area contributed by atoms with E-state index in [4.69, 9.17) is 5.73 Å². The van der Waals surface area contributed by atoms with Crippen molar-refractivity contribution < 1.29 is 4.79 Å². The Morgan fingerprint density at radius 1 is 1.47 bits per heavy atom. The molecular formula is C14H18N2O. The topological polar surface area (TPSA) is 46.3 Å². The lowest BCUT2D eigenvalue weighted by atomic mass is 9.92. The third-order valence-electron chi connectivity index (χ3n) is 3.63. The lowest BCUT2D eigenvalue weighted by Crippen LogP contribution is -2.56. The average molecular weight is 230 g/mol. The van der Waals surface area contributed by atoms with Crippen molar-refractivity contribution >= 4 is 17.7 Å². The molecule has 1 heterocycles. The maximum atomic E-state index is 11.7. The summed E-state index contributed by atoms with van der Waals surface area (Å²) in [5, 5.41) is 0. The highest BCUT2D eigenvalue weighted by Gasteiger charge is 2.37. The summed E-state index contributed by atoms with van der Waals surface area (Å²) in [7, 11) is 0. The molecule has 0 saturated heterocycles. The molecule has 1 unspecified atom stereocenters. The lowest BCUT2D eigenvalue weighted by molar-refractivity contribution is -0.122. The van der Waals surface area contributed by atoms with E-state index >= 15 is 0 Å². The first-order valence-electron chi connectivity index (χ1n) is 5.92. The fraction of sp³-hybridized carbons (Fsp3) is 0.357. The summed E-state index contributed by atoms with van der Waals surface area (Å²) in [6.07, 6.45) is 4.85. The first-order chi connectivity index (χ1) is 8.09. The van der Waals surface area contributed by atoms with E-state index in [1.165, 1.54) is 0 Å². The van der Waals surface area contributed by atoms with Crippen molar-refractivity contribution in [1.29, 1.82) is 0 Å². The van der Waals surface area contributed by atoms with Crippen LogP contribution in [0, 0.1) is 0 Å². The van der Waals surface area contributed by atoms with E-state index in [2.05, 4.69) is 23.1 Å². The number of hydrogen-bond acceptors (Lipinski definition) is 2. The highest BCUT2D eigenvalue weighted by Crippen LogP contribution is 2.32. The Kier molecular flexibility index (Phi) is 2.92. The summed E-state index contributed by atoms with van der Waals surface area (Å²) < 4.78 is 0. The van der Waals surface area contributed by atoms with Crippen LogP contribution in [0.1, 0.15) is 25.8 Å². The van der Waals surface area contributed by atoms with Crippen molar-refractivity contribution in [1.82, 2.24) is 0 Å². The first kappa shape index (κ1) is 11.7. The quantitative estimate of drug-likeness (QED) is 0.865. The summed E-state index contributed by atoms with van der Waals surface area (Å²) in [4.78, 5) is 13.8. The molecular weight excluding hydrogens is 212 g/mol. The molecule has 1 aromatic rings. The van der Waals surface area contributed by atoms with Crippen molar-refractivity contribution in [3.8, 4) is 0 Å². The second-order valence-corrected chi connectivity index (χ2v) is 4.56. The Morgan fingerprint density at radius 2 is 2.18 bits per heavy atom. The number of para-hydroxylation sites is 1. The average Bonchev–Trinajstić information content (AvgIpc) is 2.37. The van der Waals surface area contributed by atoms with Crippen LogP contribution in [0.4, 0.5) is 5.69 Å². The highest BCUT2D eigenvalue weighted by atomic mass is 16.1. The normalized spacial score (nSPS) is 17.4. The largest absolute Gasteiger partial charge is 0.368 e. The molecule has 0 aliphatic carbocycles. The smallest absolute Gasteiger partial charge is 0.243 e. The van der Waals surface area contributed by atoms with Crippen molar-refractivity contribution in [3.05, 3.63) is 35.9 Å². The van der Waals surface area contributed by atoms with E-state index in [0.29, 0.717) is 6.42 Å². The van der Waals surface area contributed by atoms with Gasteiger partial charge in [0.25, 0.3) is 0 Å². The Morgan fingerprint density at radius 3 is 2.82 bits per heavy atom. The van der Waals surface area contributed by atoms with Crippen LogP contribution in [0.15, 0.2) is 30.3 Å². The summed E-state index contributed by atoms with van der Waals surface area (Å²) in [6, 6.07) is 8.08. The zero-order valence-corrected chi connectivity index (χ0v) is 10.3. The van der Waals surface area contributed by atoms with E-state index in [0.717, 1.165) is 17.8 Å². The van der Waals surface area contributed by atoms with Crippen molar-refractivity contribution in [2.24, 2.45) is 5.73 Å². The van der Waals surface area contributed by atoms with Crippen LogP contribution in [-0.4, -0.2) is 18.0 Å². The molecule has 3 nitrogen and oxygen atoms in total. The van der Waals surface area contributed by atoms with Gasteiger partial charge in [0.15, 0.2) is 0 Å². The van der Waals surface area contributed by atoms with Gasteiger partial charge in [-0.2, -0.15) is 0 Å². The van der Waals surface area contributed by atoms with Crippen molar-refractivity contribution in [2.45, 2.75) is 25.8 Å². The summed E-state index contributed by atoms with van der Waals surface area (Å²) >= 11 is 0. The number of nitrogens with two attached hydrogens (primary N) is 1. The second-order valence-electron chi connectivity index (χ2n) is 4.56. The van der Waals surface area contributed by atoms with Crippen LogP contribution in [0.2, 0.25) is 0 Å². The minimum atomic E-state index is -0.624. The number of primary amides is 1. The van der Waals surface area contributed by atoms with E-state index in [1.807, 2.05) is 32.0 Å². The molecule has 0 radical (unpaired) electrons. The van der Waals surface area contributed by atoms with Crippen LogP contribution in [0.25, 0.3) is 6.08 Å². The monoisotopic (exact) mass is 230 g/mol. The summed E-state index contributed by atoms with van der Waals surface area (Å²) in [5.41, 5.74) is 7.16. The van der Waals surface area contributed by atoms with Crippen molar-refractivity contribution in [3.63, 3.8) is 0 Å². The standard InChI is InChI=1S/C14H18N2O/c1-3-14(2,13(15)17)16-10-6-8-11-7-4-5-9-12(11)16/h4-9H,3,10H2,1-2H3,(H2,15,17). The fourth-order valence-corrected chi connectivity index (χ4v) is 2.22. The Balaban J connectivity index is 2.48. The minimum absolute atomic E-state index is 0.273. The number of rotatable bonds is 3. The Bertz CT molecular complexity index is 467. The number of hydrogen-bond donors (Lipinski definition) is 1. The Labute approximate surface area is 102 Å². The molecule has 17 heavy (non-hydrogen) atoms. The number of amides is 1. The van der Waals surface area contributed by atoms with Gasteiger partial charge in [-0.1, -0.05) is 37.3 Å². The molecule has 1 aliphatic heterocycles. The van der Waals surface area contributed by atoms with Crippen LogP contribution < -0.4 is 10.6 Å². The molecule has 0 saturated carbocycles. The van der Waals surface area contributed by atoms with Gasteiger partial charge in [-0.3, -0.25) is 4.79 Å². The van der Waals surface area contributed by atoms with Gasteiger partial charge in [0.2, 0.25) is 5.91 Å². The second kappa shape index (κ2) is 4.24. The molecule has 1 atom stereocenters. The molecule has 0 spiro atoms. The van der Waals surface area contributed by atoms with E-state index in [-0.39, 0.29) is 5.91 Å². The van der Waals surface area contributed by atoms with Gasteiger partial charge >= 0.3 is 0 Å². The fourth-order valence-electron chi connectivity index (χ4n) is 2.22. The van der Waals surface area contributed by atoms with Gasteiger partial charge in [0.1, 0.15) is 5.54 Å². The van der Waals surface area contributed by atoms with E-state index < -0.39 is 5.54 Å². The van der Waals surface area contributed by atoms with Gasteiger partial charge < -0.3 is 10.6 Å². The van der Waals surface area contributed by atoms with Gasteiger partial charge in [0, 0.05) is 12.2 Å². The minimum Gasteiger partial charge on any atom is -0.368 e. The molecule has 0 fully saturated rings. The number of carbonyl (C=O) groups is 1. The molecule has 1 amide bonds.